The molecule has 0 atom stereocenters. The predicted octanol–water partition coefficient (Wildman–Crippen LogP) is 1.50. The number of carbonyl (C=O) groups excluding carboxylic acids is 1. The van der Waals surface area contributed by atoms with Crippen LogP contribution in [-0.4, -0.2) is 38.2 Å². The highest BCUT2D eigenvalue weighted by atomic mass is 79.9. The van der Waals surface area contributed by atoms with Crippen molar-refractivity contribution in [2.75, 3.05) is 19.3 Å². The Kier molecular flexibility index (Phi) is 6.22. The van der Waals surface area contributed by atoms with E-state index in [1.165, 1.54) is 0 Å². The average molecular weight is 366 g/mol. The molecular formula is C12H20BrN3O3S. The van der Waals surface area contributed by atoms with Gasteiger partial charge in [-0.05, 0) is 42.3 Å². The van der Waals surface area contributed by atoms with Crippen molar-refractivity contribution in [1.82, 2.24) is 14.6 Å². The topological polar surface area (TPSA) is 80.2 Å². The second-order valence-electron chi connectivity index (χ2n) is 4.82. The van der Waals surface area contributed by atoms with Crippen molar-refractivity contribution in [3.05, 3.63) is 22.4 Å². The zero-order valence-electron chi connectivity index (χ0n) is 11.8. The summed E-state index contributed by atoms with van der Waals surface area (Å²) in [5, 5.41) is 2.78. The van der Waals surface area contributed by atoms with Gasteiger partial charge in [0.2, 0.25) is 10.0 Å². The smallest absolute Gasteiger partial charge is 0.267 e. The third-order valence-corrected chi connectivity index (χ3v) is 3.77. The quantitative estimate of drug-likeness (QED) is 0.718. The van der Waals surface area contributed by atoms with Crippen LogP contribution in [0.15, 0.2) is 16.7 Å². The summed E-state index contributed by atoms with van der Waals surface area (Å²) in [4.78, 5) is 12.1. The first kappa shape index (κ1) is 17.2. The lowest BCUT2D eigenvalue weighted by Crippen LogP contribution is -2.30. The Morgan fingerprint density at radius 1 is 1.40 bits per heavy atom. The summed E-state index contributed by atoms with van der Waals surface area (Å²) in [5.74, 6) is -0.163. The van der Waals surface area contributed by atoms with Gasteiger partial charge in [-0.25, -0.2) is 13.1 Å². The van der Waals surface area contributed by atoms with E-state index in [4.69, 9.17) is 0 Å². The van der Waals surface area contributed by atoms with Crippen LogP contribution in [0.1, 0.15) is 36.8 Å². The Morgan fingerprint density at radius 3 is 2.60 bits per heavy atom. The molecule has 0 radical (unpaired) electrons. The SMILES string of the molecule is CC(C)n1cc(Br)cc1C(=O)NCCCNS(C)(=O)=O. The number of rotatable bonds is 7. The minimum absolute atomic E-state index is 0.163. The van der Waals surface area contributed by atoms with Crippen LogP contribution in [0.5, 0.6) is 0 Å². The molecule has 1 heterocycles. The van der Waals surface area contributed by atoms with E-state index >= 15 is 0 Å². The van der Waals surface area contributed by atoms with Crippen molar-refractivity contribution >= 4 is 31.9 Å². The molecule has 1 aromatic rings. The van der Waals surface area contributed by atoms with Gasteiger partial charge < -0.3 is 9.88 Å². The first-order valence-electron chi connectivity index (χ1n) is 6.31. The van der Waals surface area contributed by atoms with Crippen molar-refractivity contribution in [2.45, 2.75) is 26.3 Å². The van der Waals surface area contributed by atoms with Gasteiger partial charge in [-0.15, -0.1) is 0 Å². The Balaban J connectivity index is 2.48. The van der Waals surface area contributed by atoms with E-state index in [1.54, 1.807) is 6.07 Å². The van der Waals surface area contributed by atoms with E-state index in [-0.39, 0.29) is 11.9 Å². The zero-order chi connectivity index (χ0) is 15.3. The number of hydrogen-bond donors (Lipinski definition) is 2. The maximum Gasteiger partial charge on any atom is 0.267 e. The standard InChI is InChI=1S/C12H20BrN3O3S/c1-9(2)16-8-10(13)7-11(16)12(17)14-5-4-6-15-20(3,18)19/h7-9,15H,4-6H2,1-3H3,(H,14,17). The highest BCUT2D eigenvalue weighted by molar-refractivity contribution is 9.10. The van der Waals surface area contributed by atoms with Crippen molar-refractivity contribution in [2.24, 2.45) is 0 Å². The predicted molar refractivity (Wildman–Crippen MR) is 82.3 cm³/mol. The molecule has 6 nitrogen and oxygen atoms in total. The fourth-order valence-electron chi connectivity index (χ4n) is 1.69. The first-order chi connectivity index (χ1) is 9.20. The van der Waals surface area contributed by atoms with Gasteiger partial charge >= 0.3 is 0 Å². The van der Waals surface area contributed by atoms with Crippen molar-refractivity contribution in [3.8, 4) is 0 Å². The minimum Gasteiger partial charge on any atom is -0.351 e. The van der Waals surface area contributed by atoms with E-state index in [0.29, 0.717) is 25.2 Å². The molecule has 0 aliphatic heterocycles. The lowest BCUT2D eigenvalue weighted by molar-refractivity contribution is 0.0942. The van der Waals surface area contributed by atoms with Crippen LogP contribution in [0.4, 0.5) is 0 Å². The summed E-state index contributed by atoms with van der Waals surface area (Å²) in [6.07, 6.45) is 3.52. The van der Waals surface area contributed by atoms with Crippen LogP contribution in [0.3, 0.4) is 0 Å². The fraction of sp³-hybridized carbons (Fsp3) is 0.583. The van der Waals surface area contributed by atoms with Crippen LogP contribution in [0.25, 0.3) is 0 Å². The largest absolute Gasteiger partial charge is 0.351 e. The van der Waals surface area contributed by atoms with Gasteiger partial charge in [-0.1, -0.05) is 0 Å². The molecule has 1 amide bonds. The molecule has 2 N–H and O–H groups in total. The molecule has 1 rings (SSSR count). The second-order valence-corrected chi connectivity index (χ2v) is 7.57. The number of hydrogen-bond acceptors (Lipinski definition) is 3. The van der Waals surface area contributed by atoms with Gasteiger partial charge in [0.1, 0.15) is 5.69 Å². The van der Waals surface area contributed by atoms with Gasteiger partial charge in [-0.2, -0.15) is 0 Å². The summed E-state index contributed by atoms with van der Waals surface area (Å²) in [5.41, 5.74) is 0.586. The Labute approximate surface area is 128 Å². The zero-order valence-corrected chi connectivity index (χ0v) is 14.2. The van der Waals surface area contributed by atoms with Crippen LogP contribution >= 0.6 is 15.9 Å². The number of nitrogens with one attached hydrogen (secondary N) is 2. The molecule has 114 valence electrons. The summed E-state index contributed by atoms with van der Waals surface area (Å²) in [7, 11) is -3.16. The molecule has 0 bridgehead atoms. The molecule has 0 aromatic carbocycles. The number of halogens is 1. The first-order valence-corrected chi connectivity index (χ1v) is 8.99. The molecule has 1 aromatic heterocycles. The molecular weight excluding hydrogens is 346 g/mol. The van der Waals surface area contributed by atoms with Gasteiger partial charge in [0.15, 0.2) is 0 Å². The molecule has 0 aliphatic rings. The van der Waals surface area contributed by atoms with E-state index in [0.717, 1.165) is 10.7 Å². The molecule has 0 aliphatic carbocycles. The third-order valence-electron chi connectivity index (χ3n) is 2.61. The number of amides is 1. The third kappa shape index (κ3) is 5.64. The van der Waals surface area contributed by atoms with E-state index in [9.17, 15) is 13.2 Å². The van der Waals surface area contributed by atoms with Crippen molar-refractivity contribution < 1.29 is 13.2 Å². The van der Waals surface area contributed by atoms with Crippen molar-refractivity contribution in [3.63, 3.8) is 0 Å². The van der Waals surface area contributed by atoms with Crippen LogP contribution < -0.4 is 10.0 Å². The highest BCUT2D eigenvalue weighted by Crippen LogP contribution is 2.19. The van der Waals surface area contributed by atoms with Crippen LogP contribution in [0, 0.1) is 0 Å². The summed E-state index contributed by atoms with van der Waals surface area (Å²) in [6.45, 7) is 4.73. The average Bonchev–Trinajstić information content (AvgIpc) is 2.69. The molecule has 0 spiro atoms. The number of aromatic nitrogens is 1. The van der Waals surface area contributed by atoms with Gasteiger partial charge in [0.25, 0.3) is 5.91 Å². The number of sulfonamides is 1. The molecule has 0 unspecified atom stereocenters. The van der Waals surface area contributed by atoms with Gasteiger partial charge in [0, 0.05) is 29.8 Å². The maximum atomic E-state index is 12.1. The van der Waals surface area contributed by atoms with E-state index < -0.39 is 10.0 Å². The molecule has 0 saturated carbocycles. The Hall–Kier alpha value is -0.860. The highest BCUT2D eigenvalue weighted by Gasteiger charge is 2.14. The lowest BCUT2D eigenvalue weighted by Gasteiger charge is -2.12. The monoisotopic (exact) mass is 365 g/mol. The summed E-state index contributed by atoms with van der Waals surface area (Å²) in [6, 6.07) is 1.96. The Morgan fingerprint density at radius 2 is 2.05 bits per heavy atom. The molecule has 0 saturated heterocycles. The van der Waals surface area contributed by atoms with Crippen LogP contribution in [-0.2, 0) is 10.0 Å². The summed E-state index contributed by atoms with van der Waals surface area (Å²) >= 11 is 3.36. The molecule has 8 heteroatoms. The molecule has 20 heavy (non-hydrogen) atoms. The minimum atomic E-state index is -3.16. The molecule has 0 fully saturated rings. The summed E-state index contributed by atoms with van der Waals surface area (Å²) < 4.78 is 26.8. The van der Waals surface area contributed by atoms with Gasteiger partial charge in [0.05, 0.1) is 6.26 Å². The van der Waals surface area contributed by atoms with Crippen molar-refractivity contribution in [1.29, 1.82) is 0 Å². The number of carbonyl (C=O) groups is 1. The second kappa shape index (κ2) is 7.24. The lowest BCUT2D eigenvalue weighted by atomic mass is 10.3. The number of nitrogens with zero attached hydrogens (tertiary/aromatic N) is 1. The van der Waals surface area contributed by atoms with E-state index in [1.807, 2.05) is 24.6 Å². The van der Waals surface area contributed by atoms with E-state index in [2.05, 4.69) is 26.0 Å². The fourth-order valence-corrected chi connectivity index (χ4v) is 2.65. The van der Waals surface area contributed by atoms with Gasteiger partial charge in [-0.3, -0.25) is 4.79 Å². The van der Waals surface area contributed by atoms with Crippen LogP contribution in [0.2, 0.25) is 0 Å². The Bertz CT molecular complexity index is 567. The maximum absolute atomic E-state index is 12.1. The normalized spacial score (nSPS) is 11.8.